The molecular formula is C20H21N3O3S. The molecule has 0 spiro atoms. The van der Waals surface area contributed by atoms with E-state index in [-0.39, 0.29) is 17.2 Å². The number of anilines is 1. The topological polar surface area (TPSA) is 102 Å². The Labute approximate surface area is 158 Å². The molecule has 2 aromatic carbocycles. The van der Waals surface area contributed by atoms with Gasteiger partial charge >= 0.3 is 0 Å². The highest BCUT2D eigenvalue weighted by molar-refractivity contribution is 7.89. The molecule has 0 aliphatic heterocycles. The minimum atomic E-state index is -3.71. The highest BCUT2D eigenvalue weighted by atomic mass is 32.2. The molecule has 1 heterocycles. The number of aromatic nitrogens is 1. The summed E-state index contributed by atoms with van der Waals surface area (Å²) < 4.78 is 22.6. The van der Waals surface area contributed by atoms with Crippen LogP contribution in [0.25, 0.3) is 10.9 Å². The van der Waals surface area contributed by atoms with E-state index in [1.54, 1.807) is 12.1 Å². The number of benzene rings is 2. The van der Waals surface area contributed by atoms with Gasteiger partial charge in [0.25, 0.3) is 0 Å². The second-order valence-corrected chi connectivity index (χ2v) is 8.08. The van der Waals surface area contributed by atoms with Crippen LogP contribution in [0.2, 0.25) is 0 Å². The number of nitrogens with two attached hydrogens (primary N) is 1. The molecule has 3 aromatic rings. The molecule has 1 amide bonds. The van der Waals surface area contributed by atoms with E-state index in [9.17, 15) is 13.2 Å². The maximum atomic E-state index is 12.4. The van der Waals surface area contributed by atoms with Gasteiger partial charge in [-0.3, -0.25) is 9.78 Å². The van der Waals surface area contributed by atoms with Crippen molar-refractivity contribution in [1.29, 1.82) is 0 Å². The maximum Gasteiger partial charge on any atom is 0.238 e. The first-order valence-corrected chi connectivity index (χ1v) is 10.1. The number of nitrogens with zero attached hydrogens (tertiary/aromatic N) is 1. The van der Waals surface area contributed by atoms with Crippen LogP contribution in [-0.2, 0) is 21.2 Å². The maximum absolute atomic E-state index is 12.4. The Balaban J connectivity index is 1.71. The third-order valence-corrected chi connectivity index (χ3v) is 5.31. The predicted molar refractivity (Wildman–Crippen MR) is 106 cm³/mol. The first-order chi connectivity index (χ1) is 12.7. The lowest BCUT2D eigenvalue weighted by atomic mass is 10.1. The van der Waals surface area contributed by atoms with Crippen molar-refractivity contribution in [2.75, 3.05) is 5.32 Å². The van der Waals surface area contributed by atoms with E-state index in [1.165, 1.54) is 12.1 Å². The van der Waals surface area contributed by atoms with E-state index < -0.39 is 10.0 Å². The fourth-order valence-electron chi connectivity index (χ4n) is 2.89. The Bertz CT molecular complexity index is 1110. The fraction of sp³-hybridized carbons (Fsp3) is 0.200. The molecule has 27 heavy (non-hydrogen) atoms. The minimum absolute atomic E-state index is 0.0601. The molecule has 0 bridgehead atoms. The monoisotopic (exact) mass is 383 g/mol. The molecule has 0 radical (unpaired) electrons. The first kappa shape index (κ1) is 19.0. The van der Waals surface area contributed by atoms with E-state index in [2.05, 4.69) is 10.3 Å². The molecule has 0 saturated heterocycles. The largest absolute Gasteiger partial charge is 0.325 e. The summed E-state index contributed by atoms with van der Waals surface area (Å²) in [7, 11) is -3.71. The molecule has 0 aliphatic rings. The van der Waals surface area contributed by atoms with Crippen LogP contribution in [0.4, 0.5) is 5.69 Å². The minimum Gasteiger partial charge on any atom is -0.325 e. The third-order valence-electron chi connectivity index (χ3n) is 4.38. The van der Waals surface area contributed by atoms with Crippen molar-refractivity contribution in [3.63, 3.8) is 0 Å². The summed E-state index contributed by atoms with van der Waals surface area (Å²) in [5.74, 6) is -0.110. The number of pyridine rings is 1. The van der Waals surface area contributed by atoms with Crippen molar-refractivity contribution in [1.82, 2.24) is 4.98 Å². The summed E-state index contributed by atoms with van der Waals surface area (Å²) in [4.78, 5) is 17.0. The molecule has 6 nitrogen and oxygen atoms in total. The summed E-state index contributed by atoms with van der Waals surface area (Å²) in [6, 6.07) is 14.0. The molecule has 0 saturated carbocycles. The Kier molecular flexibility index (Phi) is 5.25. The number of sulfonamides is 1. The van der Waals surface area contributed by atoms with Crippen molar-refractivity contribution < 1.29 is 13.2 Å². The third kappa shape index (κ3) is 4.50. The van der Waals surface area contributed by atoms with Crippen molar-refractivity contribution in [3.8, 4) is 0 Å². The summed E-state index contributed by atoms with van der Waals surface area (Å²) in [5.41, 5.74) is 4.37. The zero-order valence-electron chi connectivity index (χ0n) is 15.2. The van der Waals surface area contributed by atoms with Gasteiger partial charge in [0, 0.05) is 17.5 Å². The Morgan fingerprint density at radius 3 is 2.41 bits per heavy atom. The van der Waals surface area contributed by atoms with Crippen molar-refractivity contribution in [2.24, 2.45) is 5.14 Å². The van der Waals surface area contributed by atoms with E-state index in [4.69, 9.17) is 5.14 Å². The Hall–Kier alpha value is -2.77. The van der Waals surface area contributed by atoms with Gasteiger partial charge in [-0.2, -0.15) is 0 Å². The van der Waals surface area contributed by atoms with E-state index in [0.717, 1.165) is 33.4 Å². The average Bonchev–Trinajstić information content (AvgIpc) is 2.62. The number of primary sulfonamides is 1. The van der Waals surface area contributed by atoms with Gasteiger partial charge in [-0.05, 0) is 61.7 Å². The molecule has 140 valence electrons. The van der Waals surface area contributed by atoms with E-state index in [0.29, 0.717) is 6.42 Å². The first-order valence-electron chi connectivity index (χ1n) is 8.52. The summed E-state index contributed by atoms with van der Waals surface area (Å²) in [6.07, 6.45) is 0.780. The van der Waals surface area contributed by atoms with Crippen LogP contribution >= 0.6 is 0 Å². The zero-order valence-corrected chi connectivity index (χ0v) is 16.0. The molecule has 0 fully saturated rings. The number of amides is 1. The van der Waals surface area contributed by atoms with Crippen LogP contribution in [0.3, 0.4) is 0 Å². The summed E-state index contributed by atoms with van der Waals surface area (Å²) >= 11 is 0. The normalized spacial score (nSPS) is 11.5. The van der Waals surface area contributed by atoms with Crippen LogP contribution in [0, 0.1) is 13.8 Å². The lowest BCUT2D eigenvalue weighted by molar-refractivity contribution is -0.116. The Morgan fingerprint density at radius 2 is 1.74 bits per heavy atom. The zero-order chi connectivity index (χ0) is 19.6. The number of fused-ring (bicyclic) bond motifs is 1. The molecular weight excluding hydrogens is 362 g/mol. The van der Waals surface area contributed by atoms with Gasteiger partial charge in [-0.15, -0.1) is 0 Å². The van der Waals surface area contributed by atoms with E-state index in [1.807, 2.05) is 38.1 Å². The lowest BCUT2D eigenvalue weighted by Crippen LogP contribution is -2.14. The van der Waals surface area contributed by atoms with Gasteiger partial charge in [0.2, 0.25) is 15.9 Å². The molecule has 1 aromatic heterocycles. The smallest absolute Gasteiger partial charge is 0.238 e. The number of nitrogens with one attached hydrogen (secondary N) is 1. The fourth-order valence-corrected chi connectivity index (χ4v) is 3.40. The van der Waals surface area contributed by atoms with Gasteiger partial charge in [0.05, 0.1) is 16.1 Å². The van der Waals surface area contributed by atoms with Crippen LogP contribution in [0.15, 0.2) is 53.4 Å². The molecule has 0 unspecified atom stereocenters. The number of carbonyl (C=O) groups excluding carboxylic acids is 1. The average molecular weight is 383 g/mol. The van der Waals surface area contributed by atoms with Crippen molar-refractivity contribution in [2.45, 2.75) is 31.6 Å². The summed E-state index contributed by atoms with van der Waals surface area (Å²) in [5, 5.41) is 8.98. The predicted octanol–water partition coefficient (Wildman–Crippen LogP) is 3.07. The van der Waals surface area contributed by atoms with Gasteiger partial charge < -0.3 is 5.32 Å². The van der Waals surface area contributed by atoms with Crippen molar-refractivity contribution in [3.05, 3.63) is 65.4 Å². The Morgan fingerprint density at radius 1 is 1.04 bits per heavy atom. The highest BCUT2D eigenvalue weighted by Gasteiger charge is 2.11. The van der Waals surface area contributed by atoms with Crippen LogP contribution in [-0.4, -0.2) is 19.3 Å². The molecule has 7 heteroatoms. The number of aryl methyl sites for hydroxylation is 3. The van der Waals surface area contributed by atoms with Gasteiger partial charge in [-0.25, -0.2) is 13.6 Å². The number of carbonyl (C=O) groups is 1. The number of rotatable bonds is 5. The summed E-state index contributed by atoms with van der Waals surface area (Å²) in [6.45, 7) is 3.87. The number of hydrogen-bond acceptors (Lipinski definition) is 4. The van der Waals surface area contributed by atoms with Crippen LogP contribution in [0.1, 0.15) is 23.2 Å². The second-order valence-electron chi connectivity index (χ2n) is 6.51. The lowest BCUT2D eigenvalue weighted by Gasteiger charge is -2.12. The standard InChI is InChI=1S/C20H21N3O3S/c1-13-3-11-18-17(10-4-14(2)22-18)20(13)23-19(24)12-7-15-5-8-16(9-6-15)27(21,25)26/h3-6,8-11H,7,12H2,1-2H3,(H,23,24)(H2,21,25,26). The van der Waals surface area contributed by atoms with E-state index >= 15 is 0 Å². The quantitative estimate of drug-likeness (QED) is 0.707. The van der Waals surface area contributed by atoms with Gasteiger partial charge in [0.1, 0.15) is 0 Å². The van der Waals surface area contributed by atoms with Gasteiger partial charge in [-0.1, -0.05) is 18.2 Å². The molecule has 3 N–H and O–H groups in total. The number of hydrogen-bond donors (Lipinski definition) is 2. The molecule has 3 rings (SSSR count). The van der Waals surface area contributed by atoms with Gasteiger partial charge in [0.15, 0.2) is 0 Å². The second kappa shape index (κ2) is 7.46. The van der Waals surface area contributed by atoms with Crippen LogP contribution < -0.4 is 10.5 Å². The highest BCUT2D eigenvalue weighted by Crippen LogP contribution is 2.26. The molecule has 0 atom stereocenters. The van der Waals surface area contributed by atoms with Crippen molar-refractivity contribution >= 4 is 32.5 Å². The SMILES string of the molecule is Cc1ccc2c(NC(=O)CCc3ccc(S(N)(=O)=O)cc3)c(C)ccc2n1. The molecule has 0 aliphatic carbocycles. The van der Waals surface area contributed by atoms with Crippen LogP contribution in [0.5, 0.6) is 0 Å².